The van der Waals surface area contributed by atoms with E-state index in [1.165, 1.54) is 5.56 Å². The lowest BCUT2D eigenvalue weighted by Gasteiger charge is -2.31. The van der Waals surface area contributed by atoms with Gasteiger partial charge in [-0.05, 0) is 67.0 Å². The molecule has 1 aromatic carbocycles. The highest BCUT2D eigenvalue weighted by Crippen LogP contribution is 2.21. The number of aromatic nitrogens is 1. The number of thioether (sulfide) groups is 1. The fourth-order valence-electron chi connectivity index (χ4n) is 3.02. The van der Waals surface area contributed by atoms with E-state index in [4.69, 9.17) is 0 Å². The summed E-state index contributed by atoms with van der Waals surface area (Å²) in [5.74, 6) is 2.29. The van der Waals surface area contributed by atoms with Crippen LogP contribution in [-0.2, 0) is 12.8 Å². The summed E-state index contributed by atoms with van der Waals surface area (Å²) in [6, 6.07) is 14.5. The monoisotopic (exact) mass is 355 g/mol. The molecule has 4 nitrogen and oxygen atoms in total. The molecule has 0 aliphatic carbocycles. The number of hydrogen-bond acceptors (Lipinski definition) is 3. The SMILES string of the molecule is CN(C(=O)Nc1ccc(CCc2ccccn2)cc1)C1CCSCC1. The minimum absolute atomic E-state index is 0.0156. The van der Waals surface area contributed by atoms with Crippen LogP contribution >= 0.6 is 11.8 Å². The quantitative estimate of drug-likeness (QED) is 0.873. The van der Waals surface area contributed by atoms with Crippen LogP contribution < -0.4 is 5.32 Å². The van der Waals surface area contributed by atoms with Gasteiger partial charge in [0.15, 0.2) is 0 Å². The predicted molar refractivity (Wildman–Crippen MR) is 105 cm³/mol. The van der Waals surface area contributed by atoms with Crippen LogP contribution in [0.3, 0.4) is 0 Å². The summed E-state index contributed by atoms with van der Waals surface area (Å²) in [6.07, 6.45) is 5.87. The number of aryl methyl sites for hydroxylation is 2. The number of anilines is 1. The Balaban J connectivity index is 1.50. The fraction of sp³-hybridized carbons (Fsp3) is 0.400. The molecule has 132 valence electrons. The summed E-state index contributed by atoms with van der Waals surface area (Å²) < 4.78 is 0. The van der Waals surface area contributed by atoms with Gasteiger partial charge in [0.05, 0.1) is 0 Å². The minimum Gasteiger partial charge on any atom is -0.325 e. The Labute approximate surface area is 154 Å². The van der Waals surface area contributed by atoms with Crippen molar-refractivity contribution in [1.29, 1.82) is 0 Å². The molecule has 1 aromatic heterocycles. The number of carbonyl (C=O) groups is 1. The van der Waals surface area contributed by atoms with Crippen molar-refractivity contribution >= 4 is 23.5 Å². The van der Waals surface area contributed by atoms with Crippen molar-refractivity contribution in [2.24, 2.45) is 0 Å². The topological polar surface area (TPSA) is 45.2 Å². The maximum Gasteiger partial charge on any atom is 0.321 e. The zero-order chi connectivity index (χ0) is 17.5. The molecule has 0 bridgehead atoms. The average molecular weight is 356 g/mol. The zero-order valence-corrected chi connectivity index (χ0v) is 15.5. The molecule has 1 aliphatic rings. The van der Waals surface area contributed by atoms with Gasteiger partial charge in [-0.1, -0.05) is 18.2 Å². The van der Waals surface area contributed by atoms with Crippen LogP contribution in [0.4, 0.5) is 10.5 Å². The smallest absolute Gasteiger partial charge is 0.321 e. The van der Waals surface area contributed by atoms with E-state index in [1.807, 2.05) is 60.2 Å². The van der Waals surface area contributed by atoms with Crippen LogP contribution in [0, 0.1) is 0 Å². The van der Waals surface area contributed by atoms with Crippen molar-refractivity contribution in [2.45, 2.75) is 31.7 Å². The molecule has 0 spiro atoms. The van der Waals surface area contributed by atoms with E-state index < -0.39 is 0 Å². The van der Waals surface area contributed by atoms with Crippen LogP contribution in [0.15, 0.2) is 48.7 Å². The minimum atomic E-state index is -0.0156. The third kappa shape index (κ3) is 5.23. The third-order valence-corrected chi connectivity index (χ3v) is 5.71. The molecule has 5 heteroatoms. The van der Waals surface area contributed by atoms with Gasteiger partial charge in [-0.2, -0.15) is 11.8 Å². The second-order valence-corrected chi connectivity index (χ2v) is 7.63. The van der Waals surface area contributed by atoms with Gasteiger partial charge >= 0.3 is 6.03 Å². The molecule has 0 atom stereocenters. The lowest BCUT2D eigenvalue weighted by molar-refractivity contribution is 0.200. The molecular weight excluding hydrogens is 330 g/mol. The first kappa shape index (κ1) is 17.8. The Morgan fingerprint density at radius 2 is 1.92 bits per heavy atom. The van der Waals surface area contributed by atoms with E-state index in [0.29, 0.717) is 6.04 Å². The second kappa shape index (κ2) is 8.90. The van der Waals surface area contributed by atoms with Crippen molar-refractivity contribution in [1.82, 2.24) is 9.88 Å². The first-order valence-corrected chi connectivity index (χ1v) is 9.98. The molecule has 25 heavy (non-hydrogen) atoms. The van der Waals surface area contributed by atoms with Crippen molar-refractivity contribution in [2.75, 3.05) is 23.9 Å². The number of amides is 2. The molecule has 1 saturated heterocycles. The Bertz CT molecular complexity index is 669. The molecule has 0 saturated carbocycles. The van der Waals surface area contributed by atoms with Gasteiger partial charge in [0, 0.05) is 30.7 Å². The van der Waals surface area contributed by atoms with E-state index in [2.05, 4.69) is 22.4 Å². The highest BCUT2D eigenvalue weighted by atomic mass is 32.2. The summed E-state index contributed by atoms with van der Waals surface area (Å²) in [6.45, 7) is 0. The lowest BCUT2D eigenvalue weighted by atomic mass is 10.1. The molecule has 1 aliphatic heterocycles. The molecule has 1 N–H and O–H groups in total. The number of carbonyl (C=O) groups excluding carboxylic acids is 1. The standard InChI is InChI=1S/C20H25N3OS/c1-23(19-11-14-25-15-12-19)20(24)22-18-9-6-16(7-10-18)5-8-17-4-2-3-13-21-17/h2-4,6-7,9-10,13,19H,5,8,11-12,14-15H2,1H3,(H,22,24). The summed E-state index contributed by atoms with van der Waals surface area (Å²) >= 11 is 1.97. The van der Waals surface area contributed by atoms with Crippen molar-refractivity contribution in [3.05, 3.63) is 59.9 Å². The molecule has 2 heterocycles. The summed E-state index contributed by atoms with van der Waals surface area (Å²) in [5.41, 5.74) is 3.21. The normalized spacial score (nSPS) is 14.9. The number of nitrogens with zero attached hydrogens (tertiary/aromatic N) is 2. The number of rotatable bonds is 5. The Kier molecular flexibility index (Phi) is 6.34. The summed E-state index contributed by atoms with van der Waals surface area (Å²) in [5, 5.41) is 3.01. The van der Waals surface area contributed by atoms with Crippen LogP contribution in [0.2, 0.25) is 0 Å². The van der Waals surface area contributed by atoms with E-state index >= 15 is 0 Å². The maximum absolute atomic E-state index is 12.4. The number of nitrogens with one attached hydrogen (secondary N) is 1. The number of hydrogen-bond donors (Lipinski definition) is 1. The van der Waals surface area contributed by atoms with Crippen LogP contribution in [0.1, 0.15) is 24.1 Å². The lowest BCUT2D eigenvalue weighted by Crippen LogP contribution is -2.41. The van der Waals surface area contributed by atoms with Gasteiger partial charge in [0.1, 0.15) is 0 Å². The van der Waals surface area contributed by atoms with E-state index in [-0.39, 0.29) is 6.03 Å². The molecular formula is C20H25N3OS. The molecule has 2 aromatic rings. The van der Waals surface area contributed by atoms with Crippen LogP contribution in [0.25, 0.3) is 0 Å². The fourth-order valence-corrected chi connectivity index (χ4v) is 4.10. The van der Waals surface area contributed by atoms with Gasteiger partial charge < -0.3 is 10.2 Å². The highest BCUT2D eigenvalue weighted by molar-refractivity contribution is 7.99. The van der Waals surface area contributed by atoms with Gasteiger partial charge in [0.25, 0.3) is 0 Å². The Morgan fingerprint density at radius 3 is 2.60 bits per heavy atom. The Morgan fingerprint density at radius 1 is 1.16 bits per heavy atom. The van der Waals surface area contributed by atoms with E-state index in [9.17, 15) is 4.79 Å². The molecule has 3 rings (SSSR count). The summed E-state index contributed by atoms with van der Waals surface area (Å²) in [4.78, 5) is 18.6. The second-order valence-electron chi connectivity index (χ2n) is 6.40. The molecule has 2 amide bonds. The van der Waals surface area contributed by atoms with Crippen molar-refractivity contribution in [3.63, 3.8) is 0 Å². The van der Waals surface area contributed by atoms with Crippen molar-refractivity contribution < 1.29 is 4.79 Å². The van der Waals surface area contributed by atoms with Crippen molar-refractivity contribution in [3.8, 4) is 0 Å². The molecule has 0 unspecified atom stereocenters. The zero-order valence-electron chi connectivity index (χ0n) is 14.6. The van der Waals surface area contributed by atoms with Gasteiger partial charge in [0.2, 0.25) is 0 Å². The van der Waals surface area contributed by atoms with Gasteiger partial charge in [-0.25, -0.2) is 4.79 Å². The third-order valence-electron chi connectivity index (χ3n) is 4.66. The van der Waals surface area contributed by atoms with E-state index in [1.54, 1.807) is 0 Å². The van der Waals surface area contributed by atoms with E-state index in [0.717, 1.165) is 48.6 Å². The predicted octanol–water partition coefficient (Wildman–Crippen LogP) is 4.23. The first-order valence-electron chi connectivity index (χ1n) is 8.83. The number of benzene rings is 1. The largest absolute Gasteiger partial charge is 0.325 e. The maximum atomic E-state index is 12.4. The van der Waals surface area contributed by atoms with Gasteiger partial charge in [-0.3, -0.25) is 4.98 Å². The average Bonchev–Trinajstić information content (AvgIpc) is 2.68. The first-order chi connectivity index (χ1) is 12.2. The molecule has 0 radical (unpaired) electrons. The summed E-state index contributed by atoms with van der Waals surface area (Å²) in [7, 11) is 1.90. The number of pyridine rings is 1. The Hall–Kier alpha value is -2.01. The number of urea groups is 1. The van der Waals surface area contributed by atoms with Crippen LogP contribution in [0.5, 0.6) is 0 Å². The van der Waals surface area contributed by atoms with Crippen LogP contribution in [-0.4, -0.2) is 40.5 Å². The van der Waals surface area contributed by atoms with Gasteiger partial charge in [-0.15, -0.1) is 0 Å². The molecule has 1 fully saturated rings. The highest BCUT2D eigenvalue weighted by Gasteiger charge is 2.22.